The molecule has 0 saturated carbocycles. The Kier molecular flexibility index (Phi) is 4.51. The molecule has 1 aliphatic heterocycles. The first-order chi connectivity index (χ1) is 14.1. The SMILES string of the molecule is C=CCN1CC[C@]2(c3cccc(OC)c3)Cc3[nH]c4ccc(C)cc4c3CC2C1. The number of aryl methyl sites for hydroxylation is 1. The molecule has 0 bridgehead atoms. The van der Waals surface area contributed by atoms with Crippen LogP contribution in [0.15, 0.2) is 55.1 Å². The Morgan fingerprint density at radius 3 is 3.00 bits per heavy atom. The van der Waals surface area contributed by atoms with Crippen LogP contribution in [0.25, 0.3) is 10.9 Å². The third-order valence-corrected chi connectivity index (χ3v) is 7.26. The molecule has 2 atom stereocenters. The molecule has 5 rings (SSSR count). The summed E-state index contributed by atoms with van der Waals surface area (Å²) in [4.78, 5) is 6.35. The van der Waals surface area contributed by atoms with Crippen LogP contribution in [-0.2, 0) is 18.3 Å². The zero-order chi connectivity index (χ0) is 20.0. The highest BCUT2D eigenvalue weighted by Gasteiger charge is 2.47. The zero-order valence-electron chi connectivity index (χ0n) is 17.5. The fourth-order valence-corrected chi connectivity index (χ4v) is 5.76. The van der Waals surface area contributed by atoms with Gasteiger partial charge in [-0.2, -0.15) is 0 Å². The molecule has 1 aromatic heterocycles. The second-order valence-corrected chi connectivity index (χ2v) is 8.90. The van der Waals surface area contributed by atoms with Crippen LogP contribution in [-0.4, -0.2) is 36.6 Å². The summed E-state index contributed by atoms with van der Waals surface area (Å²) in [5.74, 6) is 1.55. The van der Waals surface area contributed by atoms with Gasteiger partial charge in [-0.3, -0.25) is 4.90 Å². The Labute approximate surface area is 173 Å². The molecule has 3 heteroatoms. The molecule has 3 nitrogen and oxygen atoms in total. The molecule has 1 saturated heterocycles. The van der Waals surface area contributed by atoms with Gasteiger partial charge < -0.3 is 9.72 Å². The van der Waals surface area contributed by atoms with E-state index >= 15 is 0 Å². The van der Waals surface area contributed by atoms with E-state index in [0.717, 1.165) is 38.2 Å². The smallest absolute Gasteiger partial charge is 0.119 e. The maximum Gasteiger partial charge on any atom is 0.119 e. The molecule has 1 N–H and O–H groups in total. The molecule has 0 amide bonds. The van der Waals surface area contributed by atoms with Crippen molar-refractivity contribution in [3.05, 3.63) is 77.5 Å². The lowest BCUT2D eigenvalue weighted by Gasteiger charge is -2.51. The van der Waals surface area contributed by atoms with Crippen molar-refractivity contribution in [1.82, 2.24) is 9.88 Å². The van der Waals surface area contributed by atoms with Crippen LogP contribution in [0, 0.1) is 12.8 Å². The number of fused-ring (bicyclic) bond motifs is 4. The van der Waals surface area contributed by atoms with Crippen LogP contribution >= 0.6 is 0 Å². The molecule has 0 spiro atoms. The average Bonchev–Trinajstić information content (AvgIpc) is 3.08. The van der Waals surface area contributed by atoms with Crippen LogP contribution in [0.1, 0.15) is 28.8 Å². The summed E-state index contributed by atoms with van der Waals surface area (Å²) in [5.41, 5.74) is 7.17. The summed E-state index contributed by atoms with van der Waals surface area (Å²) < 4.78 is 5.58. The highest BCUT2D eigenvalue weighted by molar-refractivity contribution is 5.86. The highest BCUT2D eigenvalue weighted by atomic mass is 16.5. The van der Waals surface area contributed by atoms with Crippen LogP contribution < -0.4 is 4.74 Å². The lowest BCUT2D eigenvalue weighted by atomic mass is 9.58. The summed E-state index contributed by atoms with van der Waals surface area (Å²) in [6, 6.07) is 15.6. The number of rotatable bonds is 4. The second kappa shape index (κ2) is 7.07. The molecule has 2 heterocycles. The standard InChI is InChI=1S/C26H30N2O/c1-4-11-28-12-10-26(19-6-5-7-21(14-19)29-3)16-25-23(15-20(26)17-28)22-13-18(2)8-9-24(22)27-25/h4-9,13-14,20,27H,1,10-12,15-17H2,2-3H3/t20?,26-/m1/s1. The Morgan fingerprint density at radius 1 is 1.28 bits per heavy atom. The van der Waals surface area contributed by atoms with Crippen LogP contribution in [0.5, 0.6) is 5.75 Å². The van der Waals surface area contributed by atoms with E-state index in [0.29, 0.717) is 5.92 Å². The van der Waals surface area contributed by atoms with E-state index in [1.807, 2.05) is 6.08 Å². The molecule has 2 aromatic carbocycles. The summed E-state index contributed by atoms with van der Waals surface area (Å²) in [5, 5.41) is 1.42. The fraction of sp³-hybridized carbons (Fsp3) is 0.385. The number of hydrogen-bond donors (Lipinski definition) is 1. The molecule has 1 aliphatic carbocycles. The van der Waals surface area contributed by atoms with Crippen molar-refractivity contribution >= 4 is 10.9 Å². The van der Waals surface area contributed by atoms with Gasteiger partial charge in [-0.1, -0.05) is 29.8 Å². The number of H-pyrrole nitrogens is 1. The maximum atomic E-state index is 5.58. The predicted molar refractivity (Wildman–Crippen MR) is 120 cm³/mol. The molecule has 2 aliphatic rings. The van der Waals surface area contributed by atoms with E-state index in [2.05, 4.69) is 65.9 Å². The summed E-state index contributed by atoms with van der Waals surface area (Å²) >= 11 is 0. The van der Waals surface area contributed by atoms with Crippen molar-refractivity contribution in [2.24, 2.45) is 5.92 Å². The first-order valence-electron chi connectivity index (χ1n) is 10.7. The van der Waals surface area contributed by atoms with Gasteiger partial charge in [0.1, 0.15) is 5.75 Å². The number of benzene rings is 2. The Morgan fingerprint density at radius 2 is 2.17 bits per heavy atom. The topological polar surface area (TPSA) is 28.3 Å². The predicted octanol–water partition coefficient (Wildman–Crippen LogP) is 5.03. The van der Waals surface area contributed by atoms with Gasteiger partial charge in [-0.15, -0.1) is 6.58 Å². The van der Waals surface area contributed by atoms with Crippen molar-refractivity contribution in [1.29, 1.82) is 0 Å². The molecular formula is C26H30N2O. The number of ether oxygens (including phenoxy) is 1. The first kappa shape index (κ1) is 18.5. The highest BCUT2D eigenvalue weighted by Crippen LogP contribution is 2.49. The van der Waals surface area contributed by atoms with Crippen molar-refractivity contribution in [2.75, 3.05) is 26.7 Å². The molecule has 29 heavy (non-hydrogen) atoms. The Hall–Kier alpha value is -2.52. The Bertz CT molecular complexity index is 1070. The summed E-state index contributed by atoms with van der Waals surface area (Å²) in [7, 11) is 1.76. The van der Waals surface area contributed by atoms with Crippen molar-refractivity contribution in [3.63, 3.8) is 0 Å². The molecule has 150 valence electrons. The molecule has 1 unspecified atom stereocenters. The van der Waals surface area contributed by atoms with E-state index < -0.39 is 0 Å². The number of methoxy groups -OCH3 is 1. The van der Waals surface area contributed by atoms with Crippen molar-refractivity contribution in [2.45, 2.75) is 31.6 Å². The first-order valence-corrected chi connectivity index (χ1v) is 10.7. The number of piperidine rings is 1. The molecular weight excluding hydrogens is 356 g/mol. The number of hydrogen-bond acceptors (Lipinski definition) is 2. The third-order valence-electron chi connectivity index (χ3n) is 7.26. The average molecular weight is 387 g/mol. The number of nitrogens with one attached hydrogen (secondary N) is 1. The van der Waals surface area contributed by atoms with Gasteiger partial charge in [0.25, 0.3) is 0 Å². The monoisotopic (exact) mass is 386 g/mol. The number of aromatic nitrogens is 1. The lowest BCUT2D eigenvalue weighted by Crippen LogP contribution is -2.53. The zero-order valence-corrected chi connectivity index (χ0v) is 17.5. The van der Waals surface area contributed by atoms with Crippen molar-refractivity contribution in [3.8, 4) is 5.75 Å². The minimum absolute atomic E-state index is 0.162. The fourth-order valence-electron chi connectivity index (χ4n) is 5.76. The lowest BCUT2D eigenvalue weighted by molar-refractivity contribution is 0.0896. The largest absolute Gasteiger partial charge is 0.497 e. The number of likely N-dealkylation sites (tertiary alicyclic amines) is 1. The van der Waals surface area contributed by atoms with E-state index in [9.17, 15) is 0 Å². The van der Waals surface area contributed by atoms with Gasteiger partial charge >= 0.3 is 0 Å². The number of nitrogens with zero attached hydrogens (tertiary/aromatic N) is 1. The van der Waals surface area contributed by atoms with E-state index in [-0.39, 0.29) is 5.41 Å². The minimum Gasteiger partial charge on any atom is -0.497 e. The quantitative estimate of drug-likeness (QED) is 0.637. The number of aromatic amines is 1. The second-order valence-electron chi connectivity index (χ2n) is 8.90. The van der Waals surface area contributed by atoms with E-state index in [4.69, 9.17) is 4.74 Å². The normalized spacial score (nSPS) is 24.1. The van der Waals surface area contributed by atoms with E-state index in [1.54, 1.807) is 7.11 Å². The van der Waals surface area contributed by atoms with Crippen LogP contribution in [0.2, 0.25) is 0 Å². The third kappa shape index (κ3) is 3.00. The van der Waals surface area contributed by atoms with Crippen molar-refractivity contribution < 1.29 is 4.74 Å². The van der Waals surface area contributed by atoms with Gasteiger partial charge in [0, 0.05) is 35.1 Å². The molecule has 1 fully saturated rings. The van der Waals surface area contributed by atoms with Gasteiger partial charge in [-0.25, -0.2) is 0 Å². The van der Waals surface area contributed by atoms with Gasteiger partial charge in [0.05, 0.1) is 7.11 Å². The van der Waals surface area contributed by atoms with Gasteiger partial charge in [-0.05, 0) is 74.0 Å². The van der Waals surface area contributed by atoms with Gasteiger partial charge in [0.15, 0.2) is 0 Å². The summed E-state index contributed by atoms with van der Waals surface area (Å²) in [6.45, 7) is 9.38. The van der Waals surface area contributed by atoms with Gasteiger partial charge in [0.2, 0.25) is 0 Å². The molecule has 3 aromatic rings. The minimum atomic E-state index is 0.162. The molecule has 0 radical (unpaired) electrons. The van der Waals surface area contributed by atoms with Crippen LogP contribution in [0.4, 0.5) is 0 Å². The maximum absolute atomic E-state index is 5.58. The summed E-state index contributed by atoms with van der Waals surface area (Å²) in [6.07, 6.45) is 5.42. The van der Waals surface area contributed by atoms with E-state index in [1.165, 1.54) is 39.7 Å². The Balaban J connectivity index is 1.63. The van der Waals surface area contributed by atoms with Crippen LogP contribution in [0.3, 0.4) is 0 Å².